The van der Waals surface area contributed by atoms with Gasteiger partial charge in [-0.25, -0.2) is 0 Å². The molecule has 1 fully saturated rings. The molecule has 0 heterocycles. The number of ether oxygens (including phenoxy) is 1. The Morgan fingerprint density at radius 3 is 2.50 bits per heavy atom. The van der Waals surface area contributed by atoms with Gasteiger partial charge >= 0.3 is 0 Å². The van der Waals surface area contributed by atoms with E-state index in [1.54, 1.807) is 0 Å². The molecule has 2 aromatic carbocycles. The molecule has 0 saturated heterocycles. The quantitative estimate of drug-likeness (QED) is 0.915. The fraction of sp³-hybridized carbons (Fsp3) is 0.333. The van der Waals surface area contributed by atoms with Gasteiger partial charge in [-0.05, 0) is 42.0 Å². The highest BCUT2D eigenvalue weighted by Gasteiger charge is 2.24. The molecule has 2 heteroatoms. The van der Waals surface area contributed by atoms with E-state index in [4.69, 9.17) is 10.5 Å². The van der Waals surface area contributed by atoms with Gasteiger partial charge in [0.15, 0.2) is 0 Å². The molecule has 1 saturated carbocycles. The van der Waals surface area contributed by atoms with Gasteiger partial charge in [-0.1, -0.05) is 48.5 Å². The molecule has 20 heavy (non-hydrogen) atoms. The highest BCUT2D eigenvalue weighted by molar-refractivity contribution is 5.63. The molecular weight excluding hydrogens is 246 g/mol. The van der Waals surface area contributed by atoms with E-state index in [0.717, 1.165) is 12.8 Å². The average molecular weight is 267 g/mol. The summed E-state index contributed by atoms with van der Waals surface area (Å²) in [5.74, 6) is 0. The predicted octanol–water partition coefficient (Wildman–Crippen LogP) is 3.75. The first-order valence-corrected chi connectivity index (χ1v) is 7.34. The molecule has 0 aromatic heterocycles. The highest BCUT2D eigenvalue weighted by atomic mass is 16.5. The minimum Gasteiger partial charge on any atom is -0.372 e. The maximum Gasteiger partial charge on any atom is 0.0730 e. The molecule has 0 spiro atoms. The van der Waals surface area contributed by atoms with Crippen LogP contribution in [0.25, 0.3) is 11.1 Å². The third-order valence-electron chi connectivity index (χ3n) is 4.00. The lowest BCUT2D eigenvalue weighted by Gasteiger charge is -2.16. The molecule has 0 bridgehead atoms. The van der Waals surface area contributed by atoms with Gasteiger partial charge in [-0.15, -0.1) is 0 Å². The molecule has 0 unspecified atom stereocenters. The number of hydrogen-bond donors (Lipinski definition) is 1. The first kappa shape index (κ1) is 13.3. The van der Waals surface area contributed by atoms with Gasteiger partial charge < -0.3 is 10.5 Å². The van der Waals surface area contributed by atoms with Gasteiger partial charge in [0.1, 0.15) is 0 Å². The third kappa shape index (κ3) is 3.09. The maximum absolute atomic E-state index is 6.04. The fourth-order valence-corrected chi connectivity index (χ4v) is 2.84. The Balaban J connectivity index is 1.68. The molecule has 2 aromatic rings. The van der Waals surface area contributed by atoms with Crippen LogP contribution in [0.5, 0.6) is 0 Å². The van der Waals surface area contributed by atoms with Crippen molar-refractivity contribution in [2.24, 2.45) is 5.73 Å². The van der Waals surface area contributed by atoms with Crippen LogP contribution in [0.1, 0.15) is 24.8 Å². The number of benzene rings is 2. The lowest BCUT2D eigenvalue weighted by Crippen LogP contribution is -2.31. The molecule has 1 aliphatic carbocycles. The lowest BCUT2D eigenvalue weighted by atomic mass is 10.0. The van der Waals surface area contributed by atoms with Crippen LogP contribution in [0.4, 0.5) is 0 Å². The zero-order valence-corrected chi connectivity index (χ0v) is 11.7. The van der Waals surface area contributed by atoms with E-state index in [1.807, 2.05) is 6.07 Å². The molecule has 2 atom stereocenters. The van der Waals surface area contributed by atoms with Gasteiger partial charge in [-0.3, -0.25) is 0 Å². The third-order valence-corrected chi connectivity index (χ3v) is 4.00. The van der Waals surface area contributed by atoms with Crippen LogP contribution in [0.2, 0.25) is 0 Å². The van der Waals surface area contributed by atoms with Crippen molar-refractivity contribution in [2.45, 2.75) is 38.0 Å². The highest BCUT2D eigenvalue weighted by Crippen LogP contribution is 2.23. The fourth-order valence-electron chi connectivity index (χ4n) is 2.84. The van der Waals surface area contributed by atoms with E-state index in [-0.39, 0.29) is 12.1 Å². The van der Waals surface area contributed by atoms with Crippen LogP contribution in [0.3, 0.4) is 0 Å². The zero-order valence-electron chi connectivity index (χ0n) is 11.7. The van der Waals surface area contributed by atoms with Crippen molar-refractivity contribution in [3.63, 3.8) is 0 Å². The molecule has 2 nitrogen and oxygen atoms in total. The second-order valence-corrected chi connectivity index (χ2v) is 5.51. The summed E-state index contributed by atoms with van der Waals surface area (Å²) in [5.41, 5.74) is 9.73. The summed E-state index contributed by atoms with van der Waals surface area (Å²) in [4.78, 5) is 0. The minimum atomic E-state index is 0.215. The van der Waals surface area contributed by atoms with Crippen LogP contribution in [0.15, 0.2) is 54.6 Å². The second kappa shape index (κ2) is 6.21. The van der Waals surface area contributed by atoms with Crippen molar-refractivity contribution >= 4 is 0 Å². The number of hydrogen-bond acceptors (Lipinski definition) is 2. The molecular formula is C18H21NO. The molecule has 1 aliphatic rings. The Morgan fingerprint density at radius 2 is 1.75 bits per heavy atom. The Morgan fingerprint density at radius 1 is 0.950 bits per heavy atom. The molecule has 104 valence electrons. The summed E-state index contributed by atoms with van der Waals surface area (Å²) in [6, 6.07) is 19.2. The van der Waals surface area contributed by atoms with Gasteiger partial charge in [0.25, 0.3) is 0 Å². The van der Waals surface area contributed by atoms with Crippen LogP contribution < -0.4 is 5.73 Å². The van der Waals surface area contributed by atoms with Gasteiger partial charge in [0.05, 0.1) is 12.7 Å². The second-order valence-electron chi connectivity index (χ2n) is 5.51. The number of nitrogens with two attached hydrogens (primary N) is 1. The normalized spacial score (nSPS) is 22.1. The average Bonchev–Trinajstić information content (AvgIpc) is 2.92. The topological polar surface area (TPSA) is 35.2 Å². The molecule has 0 aliphatic heterocycles. The zero-order chi connectivity index (χ0) is 13.8. The van der Waals surface area contributed by atoms with Crippen LogP contribution in [0, 0.1) is 0 Å². The maximum atomic E-state index is 6.04. The monoisotopic (exact) mass is 267 g/mol. The van der Waals surface area contributed by atoms with Crippen molar-refractivity contribution in [1.82, 2.24) is 0 Å². The van der Waals surface area contributed by atoms with Crippen molar-refractivity contribution in [3.8, 4) is 11.1 Å². The predicted molar refractivity (Wildman–Crippen MR) is 82.3 cm³/mol. The van der Waals surface area contributed by atoms with Gasteiger partial charge in [0, 0.05) is 6.04 Å². The smallest absolute Gasteiger partial charge is 0.0730 e. The first-order valence-electron chi connectivity index (χ1n) is 7.34. The van der Waals surface area contributed by atoms with Gasteiger partial charge in [-0.2, -0.15) is 0 Å². The van der Waals surface area contributed by atoms with E-state index in [0.29, 0.717) is 6.61 Å². The summed E-state index contributed by atoms with van der Waals surface area (Å²) < 4.78 is 5.97. The summed E-state index contributed by atoms with van der Waals surface area (Å²) in [7, 11) is 0. The van der Waals surface area contributed by atoms with Crippen molar-refractivity contribution < 1.29 is 4.74 Å². The summed E-state index contributed by atoms with van der Waals surface area (Å²) in [6.07, 6.45) is 3.61. The van der Waals surface area contributed by atoms with E-state index >= 15 is 0 Å². The summed E-state index contributed by atoms with van der Waals surface area (Å²) in [5, 5.41) is 0. The van der Waals surface area contributed by atoms with Crippen LogP contribution in [-0.4, -0.2) is 12.1 Å². The van der Waals surface area contributed by atoms with E-state index in [1.165, 1.54) is 23.1 Å². The van der Waals surface area contributed by atoms with E-state index in [2.05, 4.69) is 48.5 Å². The van der Waals surface area contributed by atoms with Crippen LogP contribution >= 0.6 is 0 Å². The van der Waals surface area contributed by atoms with E-state index in [9.17, 15) is 0 Å². The molecule has 0 amide bonds. The Kier molecular flexibility index (Phi) is 4.14. The Labute approximate surface area is 120 Å². The standard InChI is InChI=1S/C18H21NO/c19-17-10-5-11-18(17)20-13-14-6-4-9-16(12-14)15-7-2-1-3-8-15/h1-4,6-9,12,17-18H,5,10-11,13,19H2/t17-,18-/m0/s1. The summed E-state index contributed by atoms with van der Waals surface area (Å²) in [6.45, 7) is 0.652. The SMILES string of the molecule is N[C@H]1CCC[C@@H]1OCc1cccc(-c2ccccc2)c1. The Hall–Kier alpha value is -1.64. The first-order chi connectivity index (χ1) is 9.83. The Bertz CT molecular complexity index is 552. The largest absolute Gasteiger partial charge is 0.372 e. The molecule has 3 rings (SSSR count). The minimum absolute atomic E-state index is 0.215. The van der Waals surface area contributed by atoms with Crippen molar-refractivity contribution in [2.75, 3.05) is 0 Å². The van der Waals surface area contributed by atoms with Crippen LogP contribution in [-0.2, 0) is 11.3 Å². The van der Waals surface area contributed by atoms with E-state index < -0.39 is 0 Å². The van der Waals surface area contributed by atoms with Gasteiger partial charge in [0.2, 0.25) is 0 Å². The number of rotatable bonds is 4. The van der Waals surface area contributed by atoms with Crippen molar-refractivity contribution in [1.29, 1.82) is 0 Å². The summed E-state index contributed by atoms with van der Waals surface area (Å²) >= 11 is 0. The molecule has 0 radical (unpaired) electrons. The lowest BCUT2D eigenvalue weighted by molar-refractivity contribution is 0.0357. The van der Waals surface area contributed by atoms with Crippen molar-refractivity contribution in [3.05, 3.63) is 60.2 Å². The molecule has 2 N–H and O–H groups in total.